The second-order valence-corrected chi connectivity index (χ2v) is 4.37. The van der Waals surface area contributed by atoms with Gasteiger partial charge >= 0.3 is 0 Å². The zero-order valence-electron chi connectivity index (χ0n) is 10.7. The van der Waals surface area contributed by atoms with Crippen LogP contribution in [0.25, 0.3) is 16.6 Å². The van der Waals surface area contributed by atoms with Crippen LogP contribution in [-0.2, 0) is 6.42 Å². The molecular weight excluding hydrogens is 236 g/mol. The summed E-state index contributed by atoms with van der Waals surface area (Å²) in [5, 5.41) is 0.656. The maximum absolute atomic E-state index is 12.6. The molecule has 0 aliphatic rings. The lowest BCUT2D eigenvalue weighted by atomic mass is 10.2. The van der Waals surface area contributed by atoms with Gasteiger partial charge in [-0.05, 0) is 24.3 Å². The fourth-order valence-corrected chi connectivity index (χ4v) is 2.26. The van der Waals surface area contributed by atoms with Crippen LogP contribution in [0.5, 0.6) is 0 Å². The van der Waals surface area contributed by atoms with E-state index in [-0.39, 0.29) is 5.56 Å². The highest BCUT2D eigenvalue weighted by Gasteiger charge is 2.10. The molecule has 0 atom stereocenters. The van der Waals surface area contributed by atoms with Crippen molar-refractivity contribution in [2.75, 3.05) is 0 Å². The Bertz CT molecular complexity index is 776. The Kier molecular flexibility index (Phi) is 2.88. The monoisotopic (exact) mass is 250 g/mol. The van der Waals surface area contributed by atoms with Gasteiger partial charge in [-0.15, -0.1) is 0 Å². The van der Waals surface area contributed by atoms with Crippen LogP contribution in [0, 0.1) is 0 Å². The normalized spacial score (nSPS) is 10.8. The standard InChI is InChI=1S/C16H14N2O/c1-2-15-17-14-11-7-6-10-13(14)16(19)18(15)12-8-4-3-5-9-12/h3-11H,2H2,1H3. The van der Waals surface area contributed by atoms with Crippen molar-refractivity contribution in [3.63, 3.8) is 0 Å². The van der Waals surface area contributed by atoms with Crippen molar-refractivity contribution in [3.8, 4) is 5.69 Å². The number of aryl methyl sites for hydroxylation is 1. The largest absolute Gasteiger partial charge is 0.268 e. The predicted molar refractivity (Wildman–Crippen MR) is 76.7 cm³/mol. The topological polar surface area (TPSA) is 34.9 Å². The fraction of sp³-hybridized carbons (Fsp3) is 0.125. The first kappa shape index (κ1) is 11.7. The minimum atomic E-state index is -0.00588. The van der Waals surface area contributed by atoms with E-state index in [1.165, 1.54) is 0 Å². The Labute approximate surface area is 111 Å². The molecule has 3 rings (SSSR count). The van der Waals surface area contributed by atoms with Gasteiger partial charge in [0.1, 0.15) is 5.82 Å². The zero-order valence-corrected chi connectivity index (χ0v) is 10.7. The smallest absolute Gasteiger partial charge is 0.265 e. The van der Waals surface area contributed by atoms with E-state index in [1.807, 2.05) is 61.5 Å². The number of hydrogen-bond acceptors (Lipinski definition) is 2. The number of rotatable bonds is 2. The first-order valence-electron chi connectivity index (χ1n) is 6.37. The van der Waals surface area contributed by atoms with Gasteiger partial charge in [-0.3, -0.25) is 9.36 Å². The van der Waals surface area contributed by atoms with Crippen LogP contribution < -0.4 is 5.56 Å². The molecule has 19 heavy (non-hydrogen) atoms. The molecule has 2 aromatic carbocycles. The first-order chi connectivity index (χ1) is 9.31. The molecule has 0 unspecified atom stereocenters. The van der Waals surface area contributed by atoms with Crippen LogP contribution in [0.4, 0.5) is 0 Å². The second-order valence-electron chi connectivity index (χ2n) is 4.37. The number of aromatic nitrogens is 2. The summed E-state index contributed by atoms with van der Waals surface area (Å²) in [6.45, 7) is 2.01. The highest BCUT2D eigenvalue weighted by atomic mass is 16.1. The molecule has 3 nitrogen and oxygen atoms in total. The maximum atomic E-state index is 12.6. The molecule has 0 aliphatic heterocycles. The van der Waals surface area contributed by atoms with Gasteiger partial charge in [-0.2, -0.15) is 0 Å². The summed E-state index contributed by atoms with van der Waals surface area (Å²) in [5.74, 6) is 0.787. The Morgan fingerprint density at radius 3 is 2.42 bits per heavy atom. The molecular formula is C16H14N2O. The molecule has 0 bridgehead atoms. The van der Waals surface area contributed by atoms with Crippen LogP contribution in [0.1, 0.15) is 12.7 Å². The number of para-hydroxylation sites is 2. The lowest BCUT2D eigenvalue weighted by Gasteiger charge is -2.12. The van der Waals surface area contributed by atoms with E-state index < -0.39 is 0 Å². The van der Waals surface area contributed by atoms with Crippen molar-refractivity contribution < 1.29 is 0 Å². The fourth-order valence-electron chi connectivity index (χ4n) is 2.26. The maximum Gasteiger partial charge on any atom is 0.265 e. The van der Waals surface area contributed by atoms with E-state index >= 15 is 0 Å². The van der Waals surface area contributed by atoms with Gasteiger partial charge < -0.3 is 0 Å². The van der Waals surface area contributed by atoms with Crippen LogP contribution in [-0.4, -0.2) is 9.55 Å². The third-order valence-corrected chi connectivity index (χ3v) is 3.18. The minimum absolute atomic E-state index is 0.00588. The molecule has 0 spiro atoms. The van der Waals surface area contributed by atoms with Crippen molar-refractivity contribution in [2.24, 2.45) is 0 Å². The van der Waals surface area contributed by atoms with Crippen molar-refractivity contribution >= 4 is 10.9 Å². The van der Waals surface area contributed by atoms with Gasteiger partial charge in [0.25, 0.3) is 5.56 Å². The number of fused-ring (bicyclic) bond motifs is 1. The number of hydrogen-bond donors (Lipinski definition) is 0. The Hall–Kier alpha value is -2.42. The quantitative estimate of drug-likeness (QED) is 0.701. The van der Waals surface area contributed by atoms with Crippen LogP contribution >= 0.6 is 0 Å². The Balaban J connectivity index is 2.41. The van der Waals surface area contributed by atoms with Crippen LogP contribution in [0.15, 0.2) is 59.4 Å². The van der Waals surface area contributed by atoms with E-state index in [9.17, 15) is 4.79 Å². The molecule has 0 aliphatic carbocycles. The third-order valence-electron chi connectivity index (χ3n) is 3.18. The summed E-state index contributed by atoms with van der Waals surface area (Å²) >= 11 is 0. The van der Waals surface area contributed by atoms with Gasteiger partial charge in [-0.25, -0.2) is 4.98 Å². The Morgan fingerprint density at radius 1 is 1.00 bits per heavy atom. The van der Waals surface area contributed by atoms with E-state index in [1.54, 1.807) is 4.57 Å². The van der Waals surface area contributed by atoms with Gasteiger partial charge in [0.15, 0.2) is 0 Å². The lowest BCUT2D eigenvalue weighted by Crippen LogP contribution is -2.23. The van der Waals surface area contributed by atoms with Gasteiger partial charge in [0, 0.05) is 6.42 Å². The van der Waals surface area contributed by atoms with E-state index in [0.717, 1.165) is 23.4 Å². The summed E-state index contributed by atoms with van der Waals surface area (Å²) in [7, 11) is 0. The SMILES string of the molecule is CCc1nc2ccccc2c(=O)n1-c1ccccc1. The predicted octanol–water partition coefficient (Wildman–Crippen LogP) is 2.95. The minimum Gasteiger partial charge on any atom is -0.268 e. The number of nitrogens with zero attached hydrogens (tertiary/aromatic N) is 2. The van der Waals surface area contributed by atoms with Crippen LogP contribution in [0.3, 0.4) is 0 Å². The van der Waals surface area contributed by atoms with E-state index in [2.05, 4.69) is 4.98 Å². The number of benzene rings is 2. The second kappa shape index (κ2) is 4.69. The molecule has 0 fully saturated rings. The summed E-state index contributed by atoms with van der Waals surface area (Å²) < 4.78 is 1.70. The van der Waals surface area contributed by atoms with E-state index in [0.29, 0.717) is 5.39 Å². The summed E-state index contributed by atoms with van der Waals surface area (Å²) in [6.07, 6.45) is 0.717. The van der Waals surface area contributed by atoms with Gasteiger partial charge in [0.2, 0.25) is 0 Å². The molecule has 0 N–H and O–H groups in total. The summed E-state index contributed by atoms with van der Waals surface area (Å²) in [4.78, 5) is 17.2. The molecule has 1 heterocycles. The highest BCUT2D eigenvalue weighted by molar-refractivity contribution is 5.77. The lowest BCUT2D eigenvalue weighted by molar-refractivity contribution is 0.833. The van der Waals surface area contributed by atoms with Crippen LogP contribution in [0.2, 0.25) is 0 Å². The Morgan fingerprint density at radius 2 is 1.68 bits per heavy atom. The van der Waals surface area contributed by atoms with Crippen molar-refractivity contribution in [1.82, 2.24) is 9.55 Å². The average Bonchev–Trinajstić information content (AvgIpc) is 2.48. The summed E-state index contributed by atoms with van der Waals surface area (Å²) in [6, 6.07) is 17.1. The van der Waals surface area contributed by atoms with Crippen molar-refractivity contribution in [3.05, 3.63) is 70.8 Å². The average molecular weight is 250 g/mol. The van der Waals surface area contributed by atoms with Gasteiger partial charge in [0.05, 0.1) is 16.6 Å². The van der Waals surface area contributed by atoms with Crippen molar-refractivity contribution in [2.45, 2.75) is 13.3 Å². The molecule has 0 saturated heterocycles. The molecule has 3 heteroatoms. The van der Waals surface area contributed by atoms with Gasteiger partial charge in [-0.1, -0.05) is 37.3 Å². The van der Waals surface area contributed by atoms with E-state index in [4.69, 9.17) is 0 Å². The molecule has 94 valence electrons. The molecule has 0 saturated carbocycles. The zero-order chi connectivity index (χ0) is 13.2. The van der Waals surface area contributed by atoms with Crippen molar-refractivity contribution in [1.29, 1.82) is 0 Å². The third kappa shape index (κ3) is 1.93. The first-order valence-corrected chi connectivity index (χ1v) is 6.37. The molecule has 1 aromatic heterocycles. The molecule has 0 amide bonds. The molecule has 3 aromatic rings. The molecule has 0 radical (unpaired) electrons. The summed E-state index contributed by atoms with van der Waals surface area (Å²) in [5.41, 5.74) is 1.62. The highest BCUT2D eigenvalue weighted by Crippen LogP contribution is 2.12.